The Kier molecular flexibility index (Phi) is 13.4. The zero-order chi connectivity index (χ0) is 13.5. The number of aliphatic carboxylic acids is 1. The minimum Gasteiger partial charge on any atom is -0.480 e. The second-order valence-electron chi connectivity index (χ2n) is 3.74. The Labute approximate surface area is 123 Å². The largest absolute Gasteiger partial charge is 0.480 e. The molecule has 114 valence electrons. The van der Waals surface area contributed by atoms with E-state index in [2.05, 4.69) is 4.99 Å². The molecule has 5 N–H and O–H groups in total. The van der Waals surface area contributed by atoms with Crippen LogP contribution >= 0.6 is 24.8 Å². The number of halogens is 4. The van der Waals surface area contributed by atoms with Crippen molar-refractivity contribution in [1.29, 1.82) is 0 Å². The lowest BCUT2D eigenvalue weighted by molar-refractivity contribution is -0.144. The Balaban J connectivity index is -0.00000128. The molecule has 0 saturated heterocycles. The van der Waals surface area contributed by atoms with Crippen LogP contribution in [0.4, 0.5) is 8.78 Å². The van der Waals surface area contributed by atoms with E-state index in [0.29, 0.717) is 0 Å². The maximum atomic E-state index is 13.1. The molecule has 0 radical (unpaired) electrons. The topological polar surface area (TPSA) is 102 Å². The molecule has 1 atom stereocenters. The van der Waals surface area contributed by atoms with E-state index in [1.165, 1.54) is 6.92 Å². The lowest BCUT2D eigenvalue weighted by Gasteiger charge is -2.19. The number of rotatable bonds is 7. The molecule has 0 spiro atoms. The summed E-state index contributed by atoms with van der Waals surface area (Å²) in [5, 5.41) is 8.66. The lowest BCUT2D eigenvalue weighted by atomic mass is 9.96. The van der Waals surface area contributed by atoms with Gasteiger partial charge in [-0.05, 0) is 19.8 Å². The van der Waals surface area contributed by atoms with Gasteiger partial charge in [0, 0.05) is 0 Å². The Bertz CT molecular complexity index is 337. The highest BCUT2D eigenvalue weighted by molar-refractivity contribution is 5.85. The summed E-state index contributed by atoms with van der Waals surface area (Å²) < 4.78 is 25.5. The molecule has 19 heavy (non-hydrogen) atoms. The van der Waals surface area contributed by atoms with E-state index >= 15 is 0 Å². The maximum Gasteiger partial charge on any atom is 0.326 e. The Morgan fingerprint density at radius 3 is 2.37 bits per heavy atom. The number of hydrogen-bond acceptors (Lipinski definition) is 3. The van der Waals surface area contributed by atoms with Crippen molar-refractivity contribution in [3.8, 4) is 0 Å². The van der Waals surface area contributed by atoms with Gasteiger partial charge in [-0.1, -0.05) is 6.08 Å². The normalized spacial score (nSPS) is 14.9. The monoisotopic (exact) mass is 321 g/mol. The Morgan fingerprint density at radius 1 is 1.47 bits per heavy atom. The molecule has 0 aromatic rings. The van der Waals surface area contributed by atoms with Crippen LogP contribution in [0.25, 0.3) is 0 Å². The van der Waals surface area contributed by atoms with Crippen LogP contribution in [0.5, 0.6) is 0 Å². The van der Waals surface area contributed by atoms with Crippen molar-refractivity contribution in [2.24, 2.45) is 16.5 Å². The first-order valence-electron chi connectivity index (χ1n) is 5.01. The predicted molar refractivity (Wildman–Crippen MR) is 75.6 cm³/mol. The number of nitrogens with zero attached hydrogens (tertiary/aromatic N) is 1. The van der Waals surface area contributed by atoms with Gasteiger partial charge in [-0.3, -0.25) is 9.79 Å². The molecule has 0 heterocycles. The van der Waals surface area contributed by atoms with Gasteiger partial charge in [0.25, 0.3) is 0 Å². The Hall–Kier alpha value is -0.920. The van der Waals surface area contributed by atoms with Crippen molar-refractivity contribution in [3.63, 3.8) is 0 Å². The van der Waals surface area contributed by atoms with Gasteiger partial charge in [-0.2, -0.15) is 0 Å². The van der Waals surface area contributed by atoms with E-state index in [-0.39, 0.29) is 50.0 Å². The molecule has 0 amide bonds. The minimum absolute atomic E-state index is 0. The summed E-state index contributed by atoms with van der Waals surface area (Å²) in [6.07, 6.45) is 0.974. The van der Waals surface area contributed by atoms with Crippen molar-refractivity contribution < 1.29 is 18.7 Å². The second-order valence-corrected chi connectivity index (χ2v) is 3.74. The highest BCUT2D eigenvalue weighted by Gasteiger charge is 2.33. The fourth-order valence-corrected chi connectivity index (χ4v) is 0.982. The van der Waals surface area contributed by atoms with Crippen LogP contribution in [-0.2, 0) is 4.79 Å². The van der Waals surface area contributed by atoms with Gasteiger partial charge in [0.15, 0.2) is 0 Å². The van der Waals surface area contributed by atoms with Crippen molar-refractivity contribution in [3.05, 3.63) is 11.9 Å². The molecule has 0 aromatic heterocycles. The SMILES string of the molecule is CC(N)=NC/C(F)=C/CC[C@@](N)(CF)C(=O)O.Cl.Cl. The van der Waals surface area contributed by atoms with Gasteiger partial charge in [0.2, 0.25) is 0 Å². The third-order valence-electron chi connectivity index (χ3n) is 2.10. The van der Waals surface area contributed by atoms with Gasteiger partial charge in [-0.25, -0.2) is 8.78 Å². The molecule has 0 fully saturated rings. The zero-order valence-corrected chi connectivity index (χ0v) is 12.1. The Morgan fingerprint density at radius 2 is 2.00 bits per heavy atom. The quantitative estimate of drug-likeness (QED) is 0.489. The fourth-order valence-electron chi connectivity index (χ4n) is 0.982. The van der Waals surface area contributed by atoms with E-state index in [4.69, 9.17) is 16.6 Å². The number of carboxylic acids is 1. The van der Waals surface area contributed by atoms with Crippen molar-refractivity contribution in [1.82, 2.24) is 0 Å². The minimum atomic E-state index is -1.95. The number of amidine groups is 1. The third kappa shape index (κ3) is 9.63. The number of carboxylic acid groups (broad SMARTS) is 1. The van der Waals surface area contributed by atoms with Gasteiger partial charge in [-0.15, -0.1) is 24.8 Å². The third-order valence-corrected chi connectivity index (χ3v) is 2.10. The van der Waals surface area contributed by atoms with Crippen LogP contribution < -0.4 is 11.5 Å². The van der Waals surface area contributed by atoms with Gasteiger partial charge >= 0.3 is 5.97 Å². The summed E-state index contributed by atoms with van der Waals surface area (Å²) in [6.45, 7) is 0.117. The van der Waals surface area contributed by atoms with E-state index in [1.54, 1.807) is 0 Å². The summed E-state index contributed by atoms with van der Waals surface area (Å²) in [7, 11) is 0. The predicted octanol–water partition coefficient (Wildman–Crippen LogP) is 1.59. The summed E-state index contributed by atoms with van der Waals surface area (Å²) in [5.74, 6) is -1.75. The van der Waals surface area contributed by atoms with Crippen LogP contribution in [0.3, 0.4) is 0 Å². The number of allylic oxidation sites excluding steroid dienone is 1. The van der Waals surface area contributed by atoms with E-state index in [9.17, 15) is 13.6 Å². The number of aliphatic imine (C=N–C) groups is 1. The van der Waals surface area contributed by atoms with Crippen molar-refractivity contribution in [2.45, 2.75) is 25.3 Å². The second kappa shape index (κ2) is 11.0. The number of alkyl halides is 1. The average molecular weight is 322 g/mol. The van der Waals surface area contributed by atoms with Crippen LogP contribution in [0.2, 0.25) is 0 Å². The number of nitrogens with two attached hydrogens (primary N) is 2. The molecule has 0 aliphatic heterocycles. The highest BCUT2D eigenvalue weighted by atomic mass is 35.5. The van der Waals surface area contributed by atoms with Crippen LogP contribution in [-0.4, -0.2) is 35.7 Å². The molecule has 0 bridgehead atoms. The smallest absolute Gasteiger partial charge is 0.326 e. The number of hydrogen-bond donors (Lipinski definition) is 3. The summed E-state index contributed by atoms with van der Waals surface area (Å²) in [6, 6.07) is 0. The molecule has 0 aromatic carbocycles. The highest BCUT2D eigenvalue weighted by Crippen LogP contribution is 2.13. The maximum absolute atomic E-state index is 13.1. The summed E-state index contributed by atoms with van der Waals surface area (Å²) >= 11 is 0. The average Bonchev–Trinajstić information content (AvgIpc) is 2.25. The van der Waals surface area contributed by atoms with E-state index < -0.39 is 24.0 Å². The van der Waals surface area contributed by atoms with Crippen molar-refractivity contribution >= 4 is 36.6 Å². The molecular weight excluding hydrogens is 303 g/mol. The summed E-state index contributed by atoms with van der Waals surface area (Å²) in [5.41, 5.74) is 8.53. The van der Waals surface area contributed by atoms with Crippen LogP contribution in [0.1, 0.15) is 19.8 Å². The molecule has 0 aliphatic carbocycles. The lowest BCUT2D eigenvalue weighted by Crippen LogP contribution is -2.49. The first-order valence-corrected chi connectivity index (χ1v) is 5.01. The molecule has 0 aliphatic rings. The zero-order valence-electron chi connectivity index (χ0n) is 10.4. The van der Waals surface area contributed by atoms with E-state index in [1.807, 2.05) is 0 Å². The molecule has 5 nitrogen and oxygen atoms in total. The van der Waals surface area contributed by atoms with Gasteiger partial charge in [0.1, 0.15) is 18.0 Å². The van der Waals surface area contributed by atoms with Gasteiger partial charge in [0.05, 0.1) is 12.4 Å². The molecular formula is C10H19Cl2F2N3O2. The first-order chi connectivity index (χ1) is 7.81. The summed E-state index contributed by atoms with van der Waals surface area (Å²) in [4.78, 5) is 14.2. The molecule has 0 unspecified atom stereocenters. The van der Waals surface area contributed by atoms with Crippen LogP contribution in [0, 0.1) is 0 Å². The molecule has 0 rings (SSSR count). The van der Waals surface area contributed by atoms with Crippen LogP contribution in [0.15, 0.2) is 16.9 Å². The van der Waals surface area contributed by atoms with E-state index in [0.717, 1.165) is 6.08 Å². The van der Waals surface area contributed by atoms with Crippen molar-refractivity contribution in [2.75, 3.05) is 13.2 Å². The van der Waals surface area contributed by atoms with Gasteiger partial charge < -0.3 is 16.6 Å². The number of carbonyl (C=O) groups is 1. The standard InChI is InChI=1S/C10H17F2N3O2.2ClH/c1-7(13)15-5-8(12)3-2-4-10(14,6-11)9(16)17;;/h3H,2,4-6,14H2,1H3,(H2,13,15)(H,16,17);2*1H/b8-3-;;/t10-;;/m1../s1. The fraction of sp³-hybridized carbons (Fsp3) is 0.600. The molecule has 0 saturated carbocycles. The first kappa shape index (κ1) is 23.2. The molecule has 9 heteroatoms.